The molecule has 0 bridgehead atoms. The maximum absolute atomic E-state index is 4.26. The molecular weight excluding hydrogens is 353 g/mol. The summed E-state index contributed by atoms with van der Waals surface area (Å²) in [5.41, 5.74) is 1.05. The van der Waals surface area contributed by atoms with Crippen molar-refractivity contribution in [3.05, 3.63) is 16.1 Å². The second-order valence-corrected chi connectivity index (χ2v) is 3.60. The molecule has 1 rings (SSSR count). The monoisotopic (exact) mass is 358 g/mol. The van der Waals surface area contributed by atoms with Gasteiger partial charge in [-0.1, -0.05) is 22.6 Å². The average Bonchev–Trinajstić information content (AvgIpc) is 2.13. The molecule has 0 N–H and O–H groups in total. The van der Waals surface area contributed by atoms with Crippen LogP contribution in [-0.2, 0) is 0 Å². The number of imidazole rings is 1. The van der Waals surface area contributed by atoms with Crippen molar-refractivity contribution in [1.82, 2.24) is 7.76 Å². The van der Waals surface area contributed by atoms with Gasteiger partial charge in [-0.2, -0.15) is 0 Å². The zero-order valence-electron chi connectivity index (χ0n) is 5.38. The van der Waals surface area contributed by atoms with E-state index in [1.165, 1.54) is 0 Å². The molecule has 0 unspecified atom stereocenters. The highest BCUT2D eigenvalue weighted by Crippen LogP contribution is 2.03. The Kier molecular flexibility index (Phi) is 3.21. The summed E-state index contributed by atoms with van der Waals surface area (Å²) < 4.78 is 3.93. The van der Waals surface area contributed by atoms with Crippen molar-refractivity contribution >= 4 is 65.0 Å². The molecule has 0 aliphatic rings. The van der Waals surface area contributed by atoms with E-state index in [0.29, 0.717) is 0 Å². The lowest BCUT2D eigenvalue weighted by Crippen LogP contribution is -2.00. The molecule has 10 heavy (non-hydrogen) atoms. The number of hydrogen-bond acceptors (Lipinski definition) is 1. The van der Waals surface area contributed by atoms with Crippen molar-refractivity contribution in [1.29, 1.82) is 0 Å². The van der Waals surface area contributed by atoms with E-state index in [1.54, 1.807) is 0 Å². The summed E-state index contributed by atoms with van der Waals surface area (Å²) in [5.74, 6) is 0.993. The summed E-state index contributed by atoms with van der Waals surface area (Å²) in [5, 5.41) is 0. The minimum absolute atomic E-state index is 0.993. The number of nitrogens with zero attached hydrogens (tertiary/aromatic N) is 2. The minimum Gasteiger partial charge on any atom is -0.273 e. The lowest BCUT2D eigenvalue weighted by molar-refractivity contribution is 1.24. The third kappa shape index (κ3) is 1.98. The Bertz CT molecular complexity index is 256. The summed E-state index contributed by atoms with van der Waals surface area (Å²) in [6, 6.07) is 0. The van der Waals surface area contributed by atoms with E-state index < -0.39 is 0 Å². The van der Waals surface area contributed by atoms with E-state index in [1.807, 2.05) is 27.0 Å². The Morgan fingerprint density at radius 2 is 2.40 bits per heavy atom. The fourth-order valence-electron chi connectivity index (χ4n) is 0.652. The number of rotatable bonds is 1. The molecule has 0 atom stereocenters. The molecule has 2 nitrogen and oxygen atoms in total. The number of hydrogen-bond donors (Lipinski definition) is 0. The Morgan fingerprint density at radius 3 is 2.80 bits per heavy atom. The molecule has 0 aromatic carbocycles. The zero-order chi connectivity index (χ0) is 7.56. The van der Waals surface area contributed by atoms with Gasteiger partial charge in [-0.3, -0.25) is 2.78 Å². The van der Waals surface area contributed by atoms with Crippen molar-refractivity contribution in [2.24, 2.45) is 0 Å². The summed E-state index contributed by atoms with van der Waals surface area (Å²) in [6.07, 6.45) is 3.96. The molecule has 0 aliphatic carbocycles. The predicted molar refractivity (Wildman–Crippen MR) is 62.9 cm³/mol. The van der Waals surface area contributed by atoms with Crippen LogP contribution in [0.25, 0.3) is 6.08 Å². The van der Waals surface area contributed by atoms with Crippen LogP contribution in [0.1, 0.15) is 5.82 Å². The second kappa shape index (κ2) is 3.75. The molecule has 5 heteroatoms. The summed E-state index contributed by atoms with van der Waals surface area (Å²) in [4.78, 5) is 4.26. The van der Waals surface area contributed by atoms with Crippen molar-refractivity contribution in [2.75, 3.05) is 0 Å². The number of halogens is 2. The summed E-state index contributed by atoms with van der Waals surface area (Å²) in [7, 11) is 1.99. The van der Waals surface area contributed by atoms with E-state index in [-0.39, 0.29) is 0 Å². The lowest BCUT2D eigenvalue weighted by atomic mass is 10.1. The van der Waals surface area contributed by atoms with Crippen molar-refractivity contribution in [3.8, 4) is 0 Å². The van der Waals surface area contributed by atoms with Gasteiger partial charge >= 0.3 is 0 Å². The Labute approximate surface area is 88.1 Å². The van der Waals surface area contributed by atoms with Gasteiger partial charge < -0.3 is 0 Å². The highest BCUT2D eigenvalue weighted by atomic mass is 127. The lowest BCUT2D eigenvalue weighted by Gasteiger charge is -1.87. The number of aromatic nitrogens is 2. The molecule has 0 amide bonds. The smallest absolute Gasteiger partial charge is 0.166 e. The van der Waals surface area contributed by atoms with Gasteiger partial charge in [-0.25, -0.2) is 4.98 Å². The third-order valence-corrected chi connectivity index (χ3v) is 2.15. The predicted octanol–water partition coefficient (Wildman–Crippen LogP) is 0.745. The maximum Gasteiger partial charge on any atom is 0.166 e. The fourth-order valence-corrected chi connectivity index (χ4v) is 1.65. The molecule has 0 saturated carbocycles. The quantitative estimate of drug-likeness (QED) is 0.536. The van der Waals surface area contributed by atoms with Crippen LogP contribution < -0.4 is 5.59 Å². The van der Waals surface area contributed by atoms with Crippen LogP contribution in [0.15, 0.2) is 10.3 Å². The highest BCUT2D eigenvalue weighted by molar-refractivity contribution is 14.1. The molecule has 0 saturated heterocycles. The Hall–Kier alpha value is 0.475. The van der Waals surface area contributed by atoms with E-state index >= 15 is 0 Å². The van der Waals surface area contributed by atoms with E-state index in [0.717, 1.165) is 11.4 Å². The van der Waals surface area contributed by atoms with Gasteiger partial charge in [0, 0.05) is 11.8 Å². The van der Waals surface area contributed by atoms with Gasteiger partial charge in [-0.15, -0.1) is 0 Å². The van der Waals surface area contributed by atoms with Gasteiger partial charge in [0.05, 0.1) is 22.9 Å². The summed E-state index contributed by atoms with van der Waals surface area (Å²) in [6.45, 7) is 0. The molecule has 1 aromatic rings. The molecule has 1 aromatic heterocycles. The molecule has 52 valence electrons. The largest absolute Gasteiger partial charge is 0.273 e. The molecule has 0 radical (unpaired) electrons. The average molecular weight is 358 g/mol. The normalized spacial score (nSPS) is 11.0. The molecule has 0 spiro atoms. The molecule has 1 heterocycles. The van der Waals surface area contributed by atoms with Crippen LogP contribution in [0.3, 0.4) is 0 Å². The van der Waals surface area contributed by atoms with Gasteiger partial charge in [0.25, 0.3) is 0 Å². The maximum atomic E-state index is 4.26. The Morgan fingerprint density at radius 1 is 1.70 bits per heavy atom. The zero-order valence-corrected chi connectivity index (χ0v) is 9.70. The van der Waals surface area contributed by atoms with Crippen LogP contribution in [0.4, 0.5) is 0 Å². The van der Waals surface area contributed by atoms with Crippen molar-refractivity contribution in [3.63, 3.8) is 0 Å². The van der Waals surface area contributed by atoms with Crippen molar-refractivity contribution < 1.29 is 0 Å². The summed E-state index contributed by atoms with van der Waals surface area (Å²) >= 11 is 4.38. The van der Waals surface area contributed by atoms with Gasteiger partial charge in [-0.05, 0) is 10.2 Å². The van der Waals surface area contributed by atoms with Crippen LogP contribution >= 0.6 is 45.5 Å². The van der Waals surface area contributed by atoms with Gasteiger partial charge in [0.1, 0.15) is 5.82 Å². The first-order valence-corrected chi connectivity index (χ1v) is 4.94. The fraction of sp³-hybridized carbons (Fsp3) is 0. The van der Waals surface area contributed by atoms with Crippen LogP contribution in [0.5, 0.6) is 0 Å². The minimum atomic E-state index is 0.993. The van der Waals surface area contributed by atoms with Crippen LogP contribution in [0, 0.1) is 0 Å². The third-order valence-electron chi connectivity index (χ3n) is 1.02. The van der Waals surface area contributed by atoms with Crippen LogP contribution in [-0.4, -0.2) is 15.6 Å². The molecule has 0 fully saturated rings. The van der Waals surface area contributed by atoms with Crippen LogP contribution in [0.2, 0.25) is 0 Å². The second-order valence-electron chi connectivity index (χ2n) is 1.84. The Balaban J connectivity index is 3.03. The van der Waals surface area contributed by atoms with Gasteiger partial charge in [0.2, 0.25) is 0 Å². The molecular formula is C5H5BI2N2. The SMILES string of the molecule is Bc1cn(I)c(/C=C/I)n1. The highest BCUT2D eigenvalue weighted by Gasteiger charge is 1.96. The first kappa shape index (κ1) is 8.57. The topological polar surface area (TPSA) is 17.8 Å². The first-order chi connectivity index (χ1) is 4.74. The standard InChI is InChI=1S/C5H5BI2N2/c6-4-3-10(8)5(9-4)1-2-7/h1-3H,6H2/b2-1+. The van der Waals surface area contributed by atoms with E-state index in [2.05, 4.69) is 50.4 Å². The van der Waals surface area contributed by atoms with E-state index in [4.69, 9.17) is 0 Å². The van der Waals surface area contributed by atoms with Crippen molar-refractivity contribution in [2.45, 2.75) is 0 Å². The van der Waals surface area contributed by atoms with Gasteiger partial charge in [0.15, 0.2) is 7.85 Å². The van der Waals surface area contributed by atoms with E-state index in [9.17, 15) is 0 Å². The molecule has 0 aliphatic heterocycles. The first-order valence-electron chi connectivity index (χ1n) is 2.73.